The van der Waals surface area contributed by atoms with Crippen molar-refractivity contribution < 1.29 is 19.3 Å². The first-order chi connectivity index (χ1) is 9.43. The van der Waals surface area contributed by atoms with E-state index in [1.165, 1.54) is 6.92 Å². The molecule has 20 heavy (non-hydrogen) atoms. The number of ether oxygens (including phenoxy) is 1. The van der Waals surface area contributed by atoms with Crippen LogP contribution in [0, 0.1) is 11.8 Å². The number of rotatable bonds is 2. The minimum Gasteiger partial charge on any atom is -0.394 e. The van der Waals surface area contributed by atoms with Crippen molar-refractivity contribution in [3.63, 3.8) is 0 Å². The fourth-order valence-corrected chi connectivity index (χ4v) is 1.99. The first-order valence-electron chi connectivity index (χ1n) is 5.69. The van der Waals surface area contributed by atoms with Gasteiger partial charge in [0.15, 0.2) is 0 Å². The van der Waals surface area contributed by atoms with Crippen molar-refractivity contribution in [3.8, 4) is 11.8 Å². The fourth-order valence-electron chi connectivity index (χ4n) is 1.99. The molecule has 1 unspecified atom stereocenters. The molecule has 1 aromatic rings. The zero-order chi connectivity index (χ0) is 14.9. The van der Waals surface area contributed by atoms with Gasteiger partial charge in [-0.3, -0.25) is 9.78 Å². The monoisotopic (exact) mass is 285 g/mol. The van der Waals surface area contributed by atoms with E-state index in [4.69, 9.17) is 9.84 Å². The maximum atomic E-state index is 14.8. The SMILES string of the molecule is CC#C[C@@]1(F)C(O)[C@@H](CO)O[C@H]1n1ncc(=O)[nH]c1=O. The number of aromatic nitrogens is 3. The van der Waals surface area contributed by atoms with Crippen LogP contribution >= 0.6 is 0 Å². The third-order valence-electron chi connectivity index (χ3n) is 2.90. The predicted octanol–water partition coefficient (Wildman–Crippen LogP) is -2.09. The molecule has 2 rings (SSSR count). The molecular weight excluding hydrogens is 273 g/mol. The van der Waals surface area contributed by atoms with Crippen LogP contribution in [0.5, 0.6) is 0 Å². The average molecular weight is 285 g/mol. The summed E-state index contributed by atoms with van der Waals surface area (Å²) in [4.78, 5) is 24.5. The van der Waals surface area contributed by atoms with Crippen LogP contribution < -0.4 is 11.2 Å². The lowest BCUT2D eigenvalue weighted by Crippen LogP contribution is -2.46. The molecule has 1 saturated heterocycles. The minimum atomic E-state index is -2.63. The van der Waals surface area contributed by atoms with E-state index in [1.54, 1.807) is 0 Å². The number of aromatic amines is 1. The molecule has 1 aliphatic rings. The van der Waals surface area contributed by atoms with E-state index in [0.29, 0.717) is 4.68 Å². The summed E-state index contributed by atoms with van der Waals surface area (Å²) in [5.74, 6) is 4.42. The Balaban J connectivity index is 2.55. The molecule has 0 aromatic carbocycles. The molecule has 9 heteroatoms. The van der Waals surface area contributed by atoms with Crippen molar-refractivity contribution in [2.24, 2.45) is 0 Å². The summed E-state index contributed by atoms with van der Waals surface area (Å²) in [5, 5.41) is 22.4. The van der Waals surface area contributed by atoms with Gasteiger partial charge in [0, 0.05) is 0 Å². The molecule has 0 amide bonds. The second-order valence-electron chi connectivity index (χ2n) is 4.18. The Hall–Kier alpha value is -2.02. The summed E-state index contributed by atoms with van der Waals surface area (Å²) < 4.78 is 20.5. The van der Waals surface area contributed by atoms with Gasteiger partial charge in [0.1, 0.15) is 18.4 Å². The van der Waals surface area contributed by atoms with Gasteiger partial charge in [-0.05, 0) is 6.92 Å². The van der Waals surface area contributed by atoms with Crippen LogP contribution in [0.25, 0.3) is 0 Å². The van der Waals surface area contributed by atoms with Gasteiger partial charge >= 0.3 is 5.69 Å². The van der Waals surface area contributed by atoms with Crippen molar-refractivity contribution in [3.05, 3.63) is 27.0 Å². The third-order valence-corrected chi connectivity index (χ3v) is 2.90. The van der Waals surface area contributed by atoms with Gasteiger partial charge in [0.05, 0.1) is 6.61 Å². The predicted molar refractivity (Wildman–Crippen MR) is 63.4 cm³/mol. The summed E-state index contributed by atoms with van der Waals surface area (Å²) in [5.41, 5.74) is -4.39. The number of nitrogens with zero attached hydrogens (tertiary/aromatic N) is 2. The fraction of sp³-hybridized carbons (Fsp3) is 0.545. The highest BCUT2D eigenvalue weighted by molar-refractivity contribution is 5.22. The molecule has 1 aromatic heterocycles. The van der Waals surface area contributed by atoms with Crippen LogP contribution in [-0.2, 0) is 4.74 Å². The number of alkyl halides is 1. The van der Waals surface area contributed by atoms with Gasteiger partial charge in [0.25, 0.3) is 5.56 Å². The molecule has 0 aliphatic carbocycles. The number of nitrogens with one attached hydrogen (secondary N) is 1. The van der Waals surface area contributed by atoms with Crippen molar-refractivity contribution >= 4 is 0 Å². The Morgan fingerprint density at radius 2 is 2.35 bits per heavy atom. The van der Waals surface area contributed by atoms with E-state index in [0.717, 1.165) is 6.20 Å². The van der Waals surface area contributed by atoms with Crippen molar-refractivity contribution in [2.75, 3.05) is 6.61 Å². The second-order valence-corrected chi connectivity index (χ2v) is 4.18. The summed E-state index contributed by atoms with van der Waals surface area (Å²) in [6, 6.07) is 0. The molecule has 0 bridgehead atoms. The van der Waals surface area contributed by atoms with Crippen molar-refractivity contribution in [1.29, 1.82) is 0 Å². The lowest BCUT2D eigenvalue weighted by Gasteiger charge is -2.22. The Bertz CT molecular complexity index is 675. The molecule has 3 N–H and O–H groups in total. The summed E-state index contributed by atoms with van der Waals surface area (Å²) in [7, 11) is 0. The van der Waals surface area contributed by atoms with Gasteiger partial charge < -0.3 is 14.9 Å². The molecule has 2 heterocycles. The van der Waals surface area contributed by atoms with Gasteiger partial charge in [-0.25, -0.2) is 9.18 Å². The normalized spacial score (nSPS) is 32.7. The van der Waals surface area contributed by atoms with Crippen molar-refractivity contribution in [2.45, 2.75) is 31.0 Å². The first kappa shape index (κ1) is 14.4. The number of aliphatic hydroxyl groups is 2. The lowest BCUT2D eigenvalue weighted by molar-refractivity contribution is -0.0611. The Morgan fingerprint density at radius 3 is 2.90 bits per heavy atom. The van der Waals surface area contributed by atoms with E-state index >= 15 is 0 Å². The van der Waals surface area contributed by atoms with Gasteiger partial charge in [-0.1, -0.05) is 5.92 Å². The number of hydrogen-bond donors (Lipinski definition) is 3. The quantitative estimate of drug-likeness (QED) is 0.537. The van der Waals surface area contributed by atoms with E-state index in [-0.39, 0.29) is 0 Å². The molecule has 0 saturated carbocycles. The molecule has 1 fully saturated rings. The maximum absolute atomic E-state index is 14.8. The van der Waals surface area contributed by atoms with Crippen LogP contribution in [0.3, 0.4) is 0 Å². The van der Waals surface area contributed by atoms with Crippen molar-refractivity contribution in [1.82, 2.24) is 14.8 Å². The van der Waals surface area contributed by atoms with E-state index in [9.17, 15) is 19.1 Å². The second kappa shape index (κ2) is 5.16. The number of aliphatic hydroxyl groups excluding tert-OH is 2. The number of halogens is 1. The Labute approximate surface area is 111 Å². The van der Waals surface area contributed by atoms with Crippen LogP contribution in [0.1, 0.15) is 13.2 Å². The molecule has 0 radical (unpaired) electrons. The van der Waals surface area contributed by atoms with Gasteiger partial charge in [-0.15, -0.1) is 5.92 Å². The largest absolute Gasteiger partial charge is 0.394 e. The topological polar surface area (TPSA) is 117 Å². The highest BCUT2D eigenvalue weighted by Crippen LogP contribution is 2.40. The van der Waals surface area contributed by atoms with E-state index in [1.807, 2.05) is 4.98 Å². The zero-order valence-electron chi connectivity index (χ0n) is 10.4. The van der Waals surface area contributed by atoms with Crippen LogP contribution in [0.2, 0.25) is 0 Å². The van der Waals surface area contributed by atoms with Gasteiger partial charge in [-0.2, -0.15) is 9.78 Å². The van der Waals surface area contributed by atoms with Crippen LogP contribution in [0.15, 0.2) is 15.8 Å². The lowest BCUT2D eigenvalue weighted by atomic mass is 9.97. The number of hydrogen-bond acceptors (Lipinski definition) is 6. The summed E-state index contributed by atoms with van der Waals surface area (Å²) >= 11 is 0. The number of H-pyrrole nitrogens is 1. The molecule has 1 aliphatic heterocycles. The highest BCUT2D eigenvalue weighted by Gasteiger charge is 2.58. The Morgan fingerprint density at radius 1 is 1.65 bits per heavy atom. The third kappa shape index (κ3) is 2.14. The first-order valence-corrected chi connectivity index (χ1v) is 5.69. The van der Waals surface area contributed by atoms with Gasteiger partial charge in [0.2, 0.25) is 11.9 Å². The Kier molecular flexibility index (Phi) is 3.71. The maximum Gasteiger partial charge on any atom is 0.347 e. The summed E-state index contributed by atoms with van der Waals surface area (Å²) in [6.07, 6.45) is -3.92. The smallest absolute Gasteiger partial charge is 0.347 e. The minimum absolute atomic E-state index is 0.532. The van der Waals surface area contributed by atoms with Crippen LogP contribution in [-0.4, -0.2) is 49.5 Å². The molecule has 4 atom stereocenters. The van der Waals surface area contributed by atoms with E-state index in [2.05, 4.69) is 16.9 Å². The average Bonchev–Trinajstić information content (AvgIpc) is 2.63. The molecular formula is C11H12FN3O5. The molecule has 0 spiro atoms. The highest BCUT2D eigenvalue weighted by atomic mass is 19.1. The standard InChI is InChI=1S/C11H12FN3O5/c1-2-3-11(12)8(18)6(5-16)20-9(11)15-10(19)14-7(17)4-13-15/h4,6,8-9,16,18H,5H2,1H3,(H,14,17,19)/t6-,8?,9-,11-/m1/s1. The van der Waals surface area contributed by atoms with Crippen LogP contribution in [0.4, 0.5) is 4.39 Å². The zero-order valence-corrected chi connectivity index (χ0v) is 10.4. The van der Waals surface area contributed by atoms with E-state index < -0.39 is 42.0 Å². The summed E-state index contributed by atoms with van der Waals surface area (Å²) in [6.45, 7) is 0.688. The molecule has 8 nitrogen and oxygen atoms in total. The molecule has 108 valence electrons.